The molecule has 2 N–H and O–H groups in total. The van der Waals surface area contributed by atoms with Crippen LogP contribution in [0.1, 0.15) is 2.85 Å². The summed E-state index contributed by atoms with van der Waals surface area (Å²) in [6.07, 6.45) is 0. The fourth-order valence-electron chi connectivity index (χ4n) is 0. The monoisotopic (exact) mass is 106 g/mol. The van der Waals surface area contributed by atoms with Crippen LogP contribution < -0.4 is 37.7 Å². The summed E-state index contributed by atoms with van der Waals surface area (Å²) in [6, 6.07) is 0. The molecule has 4 nitrogen and oxygen atoms in total. The van der Waals surface area contributed by atoms with E-state index in [0.717, 1.165) is 0 Å². The second-order valence-corrected chi connectivity index (χ2v) is 0.610. The molecule has 0 heterocycles. The molecule has 0 aliphatic carbocycles. The second-order valence-electron chi connectivity index (χ2n) is 0.610. The van der Waals surface area contributed by atoms with Gasteiger partial charge in [-0.2, -0.15) is 0 Å². The molecule has 0 rings (SSSR count). The maximum atomic E-state index is 9.10. The van der Waals surface area contributed by atoms with Crippen molar-refractivity contribution in [2.45, 2.75) is 0 Å². The van der Waals surface area contributed by atoms with Gasteiger partial charge in [-0.05, 0) is 0 Å². The van der Waals surface area contributed by atoms with Crippen molar-refractivity contribution in [3.63, 3.8) is 0 Å². The Balaban J connectivity index is -0.0000000208. The average molecular weight is 106 g/mol. The molecule has 0 aromatic heterocycles. The minimum atomic E-state index is -1.82. The van der Waals surface area contributed by atoms with Gasteiger partial charge in [0.15, 0.2) is 0 Å². The maximum Gasteiger partial charge on any atom is 1.00 e. The third-order valence-electron chi connectivity index (χ3n) is 0.183. The van der Waals surface area contributed by atoms with E-state index in [-0.39, 0.29) is 40.6 Å². The molecule has 0 aliphatic heterocycles. The van der Waals surface area contributed by atoms with Crippen molar-refractivity contribution in [2.24, 2.45) is 0 Å². The molecule has 0 aromatic carbocycles. The van der Waals surface area contributed by atoms with Gasteiger partial charge < -0.3 is 13.1 Å². The van der Waals surface area contributed by atoms with Crippen molar-refractivity contribution in [3.05, 3.63) is 0 Å². The van der Waals surface area contributed by atoms with Gasteiger partial charge in [0.25, 0.3) is 0 Å². The van der Waals surface area contributed by atoms with Gasteiger partial charge in [0, 0.05) is 0 Å². The quantitative estimate of drug-likeness (QED) is 0.238. The first-order chi connectivity index (χ1) is 2.64. The maximum absolute atomic E-state index is 9.10. The first-order valence-corrected chi connectivity index (χ1v) is 1.11. The first kappa shape index (κ1) is 15.7. The van der Waals surface area contributed by atoms with Gasteiger partial charge >= 0.3 is 49.7 Å². The van der Waals surface area contributed by atoms with Crippen LogP contribution in [0.2, 0.25) is 0 Å². The number of hydrogen-bond donors (Lipinski definition) is 2. The minimum Gasteiger partial charge on any atom is -1.00 e. The van der Waals surface area contributed by atoms with Crippen molar-refractivity contribution >= 4 is 11.9 Å². The van der Waals surface area contributed by atoms with Gasteiger partial charge in [0.1, 0.15) is 0 Å². The van der Waals surface area contributed by atoms with E-state index in [1.165, 1.54) is 0 Å². The number of aliphatic carboxylic acids is 2. The van der Waals surface area contributed by atoms with E-state index < -0.39 is 11.9 Å². The zero-order valence-corrected chi connectivity index (χ0v) is 4.71. The summed E-state index contributed by atoms with van der Waals surface area (Å²) in [6.45, 7) is 0. The summed E-state index contributed by atoms with van der Waals surface area (Å²) in [4.78, 5) is 18.2. The molecule has 0 spiro atoms. The summed E-state index contributed by atoms with van der Waals surface area (Å²) >= 11 is 0. The normalized spacial score (nSPS) is 5.50. The first-order valence-electron chi connectivity index (χ1n) is 1.11. The Bertz CT molecular complexity index is 85.3. The van der Waals surface area contributed by atoms with Crippen LogP contribution in [0.3, 0.4) is 0 Å². The molecule has 0 fully saturated rings. The van der Waals surface area contributed by atoms with Crippen LogP contribution in [-0.4, -0.2) is 22.2 Å². The summed E-state index contributed by atoms with van der Waals surface area (Å²) < 4.78 is 0. The predicted octanol–water partition coefficient (Wildman–Crippen LogP) is -6.61. The van der Waals surface area contributed by atoms with Crippen LogP contribution in [0, 0.1) is 0 Å². The van der Waals surface area contributed by atoms with E-state index in [1.54, 1.807) is 0 Å². The fourth-order valence-corrected chi connectivity index (χ4v) is 0. The van der Waals surface area contributed by atoms with E-state index in [0.29, 0.717) is 0 Å². The van der Waals surface area contributed by atoms with E-state index in [2.05, 4.69) is 0 Å². The molecule has 0 atom stereocenters. The smallest absolute Gasteiger partial charge is 1.00 e. The Morgan fingerprint density at radius 1 is 1.00 bits per heavy atom. The molecular formula is C2H4Li2O4. The Hall–Kier alpha value is 0.135. The molecule has 0 unspecified atom stereocenters. The zero-order valence-electron chi connectivity index (χ0n) is 6.71. The SMILES string of the molecule is O=C(O)C(=O)O.[H-].[H-].[Li+].[Li+]. The van der Waals surface area contributed by atoms with Crippen molar-refractivity contribution in [1.29, 1.82) is 0 Å². The van der Waals surface area contributed by atoms with Crippen LogP contribution in [0.15, 0.2) is 0 Å². The molecule has 0 radical (unpaired) electrons. The van der Waals surface area contributed by atoms with Crippen molar-refractivity contribution in [3.8, 4) is 0 Å². The van der Waals surface area contributed by atoms with Gasteiger partial charge in [0.05, 0.1) is 0 Å². The molecule has 0 saturated heterocycles. The van der Waals surface area contributed by atoms with E-state index in [4.69, 9.17) is 19.8 Å². The molecule has 8 heavy (non-hydrogen) atoms. The molecule has 6 heteroatoms. The topological polar surface area (TPSA) is 74.6 Å². The van der Waals surface area contributed by atoms with Gasteiger partial charge in [0.2, 0.25) is 0 Å². The summed E-state index contributed by atoms with van der Waals surface area (Å²) in [5.74, 6) is -3.65. The molecule has 0 amide bonds. The number of carbonyl (C=O) groups is 2. The largest absolute Gasteiger partial charge is 1.00 e. The van der Waals surface area contributed by atoms with Gasteiger partial charge in [-0.1, -0.05) is 0 Å². The second kappa shape index (κ2) is 7.13. The average Bonchev–Trinajstić information content (AvgIpc) is 1.36. The van der Waals surface area contributed by atoms with Gasteiger partial charge in [-0.15, -0.1) is 0 Å². The number of hydrogen-bond acceptors (Lipinski definition) is 2. The Morgan fingerprint density at radius 2 is 1.12 bits per heavy atom. The van der Waals surface area contributed by atoms with Crippen molar-refractivity contribution < 1.29 is 60.4 Å². The third kappa shape index (κ3) is 9.46. The summed E-state index contributed by atoms with van der Waals surface area (Å²) in [5, 5.41) is 14.8. The van der Waals surface area contributed by atoms with Crippen molar-refractivity contribution in [1.82, 2.24) is 0 Å². The fraction of sp³-hybridized carbons (Fsp3) is 0. The van der Waals surface area contributed by atoms with Crippen LogP contribution >= 0.6 is 0 Å². The number of carboxylic acid groups (broad SMARTS) is 2. The number of carboxylic acids is 2. The zero-order chi connectivity index (χ0) is 5.15. The summed E-state index contributed by atoms with van der Waals surface area (Å²) in [7, 11) is 0. The standard InChI is InChI=1S/C2H2O4.2Li.2H/c3-1(4)2(5)6;;;;/h(H,3,4)(H,5,6);;;;/q;2*+1;2*-1. The van der Waals surface area contributed by atoms with Crippen LogP contribution in [0.25, 0.3) is 0 Å². The molecule has 0 aliphatic rings. The number of rotatable bonds is 0. The van der Waals surface area contributed by atoms with Gasteiger partial charge in [-0.3, -0.25) is 0 Å². The van der Waals surface area contributed by atoms with E-state index in [1.807, 2.05) is 0 Å². The Morgan fingerprint density at radius 3 is 1.12 bits per heavy atom. The molecular weight excluding hydrogens is 102 g/mol. The van der Waals surface area contributed by atoms with Crippen molar-refractivity contribution in [2.75, 3.05) is 0 Å². The molecule has 0 saturated carbocycles. The predicted molar refractivity (Wildman–Crippen MR) is 17.5 cm³/mol. The van der Waals surface area contributed by atoms with Crippen LogP contribution in [0.4, 0.5) is 0 Å². The Kier molecular flexibility index (Phi) is 14.0. The van der Waals surface area contributed by atoms with Gasteiger partial charge in [-0.25, -0.2) is 9.59 Å². The van der Waals surface area contributed by atoms with E-state index >= 15 is 0 Å². The van der Waals surface area contributed by atoms with E-state index in [9.17, 15) is 0 Å². The summed E-state index contributed by atoms with van der Waals surface area (Å²) in [5.41, 5.74) is 0. The minimum absolute atomic E-state index is 0. The third-order valence-corrected chi connectivity index (χ3v) is 0.183. The Labute approximate surface area is 72.6 Å². The molecule has 0 bridgehead atoms. The van der Waals surface area contributed by atoms with Crippen LogP contribution in [-0.2, 0) is 9.59 Å². The molecule has 0 aromatic rings. The molecule has 38 valence electrons. The van der Waals surface area contributed by atoms with Crippen LogP contribution in [0.5, 0.6) is 0 Å².